The normalized spacial score (nSPS) is 21.8. The second kappa shape index (κ2) is 4.01. The third-order valence-corrected chi connectivity index (χ3v) is 2.74. The van der Waals surface area contributed by atoms with Gasteiger partial charge >= 0.3 is 5.97 Å². The summed E-state index contributed by atoms with van der Waals surface area (Å²) in [6, 6.07) is 7.67. The van der Waals surface area contributed by atoms with Crippen molar-refractivity contribution in [2.45, 2.75) is 18.8 Å². The fourth-order valence-electron chi connectivity index (χ4n) is 1.70. The van der Waals surface area contributed by atoms with Gasteiger partial charge in [-0.2, -0.15) is 0 Å². The monoisotopic (exact) mass is 210 g/mol. The van der Waals surface area contributed by atoms with Crippen molar-refractivity contribution < 1.29 is 9.53 Å². The lowest BCUT2D eigenvalue weighted by atomic mass is 9.92. The molecular weight excluding hydrogens is 200 g/mol. The number of carbonyl (C=O) groups excluding carboxylic acids is 1. The van der Waals surface area contributed by atoms with Crippen molar-refractivity contribution in [1.29, 1.82) is 0 Å². The standard InChI is InChI=1S/C11H11ClO2/c12-10-3-1-8(2-4-10)9-5-6-14-11(13)7-9/h1-4,9H,5-7H2. The highest BCUT2D eigenvalue weighted by molar-refractivity contribution is 6.30. The minimum atomic E-state index is -0.101. The molecule has 0 spiro atoms. The Hall–Kier alpha value is -1.02. The molecule has 74 valence electrons. The van der Waals surface area contributed by atoms with Gasteiger partial charge in [-0.05, 0) is 30.0 Å². The number of cyclic esters (lactones) is 1. The first-order valence-corrected chi connectivity index (χ1v) is 5.04. The van der Waals surface area contributed by atoms with Crippen molar-refractivity contribution in [3.8, 4) is 0 Å². The van der Waals surface area contributed by atoms with Crippen LogP contribution in [-0.2, 0) is 9.53 Å². The summed E-state index contributed by atoms with van der Waals surface area (Å²) >= 11 is 5.79. The van der Waals surface area contributed by atoms with E-state index in [9.17, 15) is 4.79 Å². The Morgan fingerprint density at radius 2 is 2.00 bits per heavy atom. The first-order valence-electron chi connectivity index (χ1n) is 4.67. The highest BCUT2D eigenvalue weighted by Crippen LogP contribution is 2.28. The lowest BCUT2D eigenvalue weighted by Crippen LogP contribution is -2.19. The number of hydrogen-bond donors (Lipinski definition) is 0. The van der Waals surface area contributed by atoms with E-state index in [1.807, 2.05) is 24.3 Å². The Labute approximate surface area is 87.8 Å². The van der Waals surface area contributed by atoms with E-state index in [4.69, 9.17) is 16.3 Å². The quantitative estimate of drug-likeness (QED) is 0.667. The summed E-state index contributed by atoms with van der Waals surface area (Å²) in [5.41, 5.74) is 1.17. The van der Waals surface area contributed by atoms with E-state index < -0.39 is 0 Å². The smallest absolute Gasteiger partial charge is 0.306 e. The summed E-state index contributed by atoms with van der Waals surface area (Å²) in [5.74, 6) is 0.199. The van der Waals surface area contributed by atoms with Gasteiger partial charge < -0.3 is 4.74 Å². The zero-order valence-corrected chi connectivity index (χ0v) is 8.46. The molecule has 1 heterocycles. The number of hydrogen-bond acceptors (Lipinski definition) is 2. The summed E-state index contributed by atoms with van der Waals surface area (Å²) in [5, 5.41) is 0.729. The molecule has 1 atom stereocenters. The van der Waals surface area contributed by atoms with Gasteiger partial charge in [-0.1, -0.05) is 23.7 Å². The number of esters is 1. The lowest BCUT2D eigenvalue weighted by Gasteiger charge is -2.21. The number of halogens is 1. The topological polar surface area (TPSA) is 26.3 Å². The molecule has 1 saturated heterocycles. The van der Waals surface area contributed by atoms with Crippen molar-refractivity contribution >= 4 is 17.6 Å². The molecule has 1 aliphatic rings. The minimum Gasteiger partial charge on any atom is -0.466 e. The number of ether oxygens (including phenoxy) is 1. The van der Waals surface area contributed by atoms with Crippen LogP contribution < -0.4 is 0 Å². The van der Waals surface area contributed by atoms with Gasteiger partial charge in [0.2, 0.25) is 0 Å². The molecule has 1 aliphatic heterocycles. The van der Waals surface area contributed by atoms with Crippen LogP contribution in [0.2, 0.25) is 5.02 Å². The summed E-state index contributed by atoms with van der Waals surface area (Å²) in [4.78, 5) is 11.1. The zero-order chi connectivity index (χ0) is 9.97. The maximum Gasteiger partial charge on any atom is 0.306 e. The molecule has 14 heavy (non-hydrogen) atoms. The highest BCUT2D eigenvalue weighted by atomic mass is 35.5. The van der Waals surface area contributed by atoms with Crippen LogP contribution in [0.3, 0.4) is 0 Å². The van der Waals surface area contributed by atoms with Crippen LogP contribution in [-0.4, -0.2) is 12.6 Å². The van der Waals surface area contributed by atoms with Crippen LogP contribution in [0.15, 0.2) is 24.3 Å². The molecule has 0 saturated carbocycles. The highest BCUT2D eigenvalue weighted by Gasteiger charge is 2.21. The lowest BCUT2D eigenvalue weighted by molar-refractivity contribution is -0.147. The predicted molar refractivity (Wildman–Crippen MR) is 54.4 cm³/mol. The average molecular weight is 211 g/mol. The second-order valence-electron chi connectivity index (χ2n) is 3.46. The van der Waals surface area contributed by atoms with Gasteiger partial charge in [-0.15, -0.1) is 0 Å². The molecule has 2 rings (SSSR count). The molecular formula is C11H11ClO2. The second-order valence-corrected chi connectivity index (χ2v) is 3.90. The Balaban J connectivity index is 2.14. The molecule has 0 bridgehead atoms. The van der Waals surface area contributed by atoms with Crippen molar-refractivity contribution in [2.24, 2.45) is 0 Å². The van der Waals surface area contributed by atoms with E-state index in [1.54, 1.807) is 0 Å². The maximum absolute atomic E-state index is 11.1. The van der Waals surface area contributed by atoms with Crippen LogP contribution in [0.25, 0.3) is 0 Å². The fraction of sp³-hybridized carbons (Fsp3) is 0.364. The van der Waals surface area contributed by atoms with E-state index in [0.717, 1.165) is 11.4 Å². The van der Waals surface area contributed by atoms with Gasteiger partial charge in [0.1, 0.15) is 0 Å². The van der Waals surface area contributed by atoms with E-state index in [0.29, 0.717) is 18.9 Å². The molecule has 1 unspecified atom stereocenters. The van der Waals surface area contributed by atoms with Gasteiger partial charge in [0.25, 0.3) is 0 Å². The number of carbonyl (C=O) groups is 1. The Morgan fingerprint density at radius 3 is 2.64 bits per heavy atom. The summed E-state index contributed by atoms with van der Waals surface area (Å²) < 4.78 is 4.89. The minimum absolute atomic E-state index is 0.101. The first-order chi connectivity index (χ1) is 6.75. The molecule has 0 N–H and O–H groups in total. The molecule has 1 aromatic carbocycles. The Bertz CT molecular complexity index is 332. The zero-order valence-electron chi connectivity index (χ0n) is 7.70. The number of rotatable bonds is 1. The van der Waals surface area contributed by atoms with Gasteiger partial charge in [-0.3, -0.25) is 4.79 Å². The molecule has 1 aromatic rings. The predicted octanol–water partition coefficient (Wildman–Crippen LogP) is 2.76. The van der Waals surface area contributed by atoms with Crippen LogP contribution in [0.4, 0.5) is 0 Å². The maximum atomic E-state index is 11.1. The molecule has 0 aliphatic carbocycles. The van der Waals surface area contributed by atoms with Crippen LogP contribution in [0.1, 0.15) is 24.3 Å². The number of benzene rings is 1. The molecule has 2 nitrogen and oxygen atoms in total. The first kappa shape index (κ1) is 9.53. The molecule has 0 amide bonds. The molecule has 1 fully saturated rings. The third-order valence-electron chi connectivity index (χ3n) is 2.48. The van der Waals surface area contributed by atoms with Crippen molar-refractivity contribution in [2.75, 3.05) is 6.61 Å². The molecule has 3 heteroatoms. The summed E-state index contributed by atoms with van der Waals surface area (Å²) in [7, 11) is 0. The Morgan fingerprint density at radius 1 is 1.29 bits per heavy atom. The average Bonchev–Trinajstić information content (AvgIpc) is 2.19. The van der Waals surface area contributed by atoms with Crippen LogP contribution >= 0.6 is 11.6 Å². The van der Waals surface area contributed by atoms with E-state index in [1.165, 1.54) is 5.56 Å². The van der Waals surface area contributed by atoms with E-state index >= 15 is 0 Å². The summed E-state index contributed by atoms with van der Waals surface area (Å²) in [6.07, 6.45) is 1.40. The Kier molecular flexibility index (Phi) is 2.73. The van der Waals surface area contributed by atoms with Crippen molar-refractivity contribution in [3.63, 3.8) is 0 Å². The SMILES string of the molecule is O=C1CC(c2ccc(Cl)cc2)CCO1. The molecule has 0 aromatic heterocycles. The van der Waals surface area contributed by atoms with Crippen molar-refractivity contribution in [3.05, 3.63) is 34.9 Å². The van der Waals surface area contributed by atoms with Gasteiger partial charge in [0.15, 0.2) is 0 Å². The van der Waals surface area contributed by atoms with Crippen LogP contribution in [0.5, 0.6) is 0 Å². The summed E-state index contributed by atoms with van der Waals surface area (Å²) in [6.45, 7) is 0.534. The van der Waals surface area contributed by atoms with E-state index in [2.05, 4.69) is 0 Å². The van der Waals surface area contributed by atoms with Gasteiger partial charge in [0.05, 0.1) is 13.0 Å². The van der Waals surface area contributed by atoms with Gasteiger partial charge in [-0.25, -0.2) is 0 Å². The van der Waals surface area contributed by atoms with Gasteiger partial charge in [0, 0.05) is 5.02 Å². The third kappa shape index (κ3) is 2.07. The molecule has 0 radical (unpaired) electrons. The van der Waals surface area contributed by atoms with E-state index in [-0.39, 0.29) is 5.97 Å². The fourth-order valence-corrected chi connectivity index (χ4v) is 1.82. The largest absolute Gasteiger partial charge is 0.466 e. The van der Waals surface area contributed by atoms with Crippen molar-refractivity contribution in [1.82, 2.24) is 0 Å². The van der Waals surface area contributed by atoms with Crippen LogP contribution in [0, 0.1) is 0 Å².